The number of ether oxygens (including phenoxy) is 1. The van der Waals surface area contributed by atoms with Crippen LogP contribution >= 0.6 is 0 Å². The Balaban J connectivity index is 1.83. The number of Topliss-reactive ketones (excluding diaryl/α,β-unsaturated/α-hetero) is 1. The number of rotatable bonds is 4. The lowest BCUT2D eigenvalue weighted by molar-refractivity contribution is 0.0350. The second-order valence-corrected chi connectivity index (χ2v) is 5.30. The highest BCUT2D eigenvalue weighted by Gasteiger charge is 2.24. The van der Waals surface area contributed by atoms with Crippen LogP contribution in [0.15, 0.2) is 42.6 Å². The van der Waals surface area contributed by atoms with E-state index in [0.717, 1.165) is 24.0 Å². The molecule has 1 unspecified atom stereocenters. The topological polar surface area (TPSA) is 39.2 Å². The van der Waals surface area contributed by atoms with E-state index < -0.39 is 0 Å². The Morgan fingerprint density at radius 3 is 3.00 bits per heavy atom. The Kier molecular flexibility index (Phi) is 4.11. The molecule has 0 saturated heterocycles. The first kappa shape index (κ1) is 14.0. The summed E-state index contributed by atoms with van der Waals surface area (Å²) in [6.45, 7) is 2.72. The molecule has 0 saturated carbocycles. The molecule has 1 atom stereocenters. The summed E-state index contributed by atoms with van der Waals surface area (Å²) >= 11 is 0. The molecule has 2 aromatic rings. The first-order valence-corrected chi connectivity index (χ1v) is 7.46. The maximum Gasteiger partial charge on any atom is 0.184 e. The van der Waals surface area contributed by atoms with E-state index in [0.29, 0.717) is 18.7 Å². The van der Waals surface area contributed by atoms with Gasteiger partial charge in [-0.05, 0) is 35.6 Å². The van der Waals surface area contributed by atoms with Crippen LogP contribution in [0, 0.1) is 0 Å². The molecule has 1 aromatic heterocycles. The van der Waals surface area contributed by atoms with Crippen molar-refractivity contribution in [3.05, 3.63) is 65.0 Å². The SMILES string of the molecule is CCc1cccnc1C(=O)CC1OCCc2ccccc21. The number of hydrogen-bond donors (Lipinski definition) is 0. The second kappa shape index (κ2) is 6.19. The summed E-state index contributed by atoms with van der Waals surface area (Å²) in [5.41, 5.74) is 4.03. The maximum atomic E-state index is 12.6. The van der Waals surface area contributed by atoms with Gasteiger partial charge in [0.1, 0.15) is 5.69 Å². The molecular weight excluding hydrogens is 262 g/mol. The van der Waals surface area contributed by atoms with E-state index in [9.17, 15) is 4.79 Å². The lowest BCUT2D eigenvalue weighted by atomic mass is 9.93. The Hall–Kier alpha value is -2.00. The van der Waals surface area contributed by atoms with Gasteiger partial charge < -0.3 is 4.74 Å². The third-order valence-electron chi connectivity index (χ3n) is 4.00. The first-order chi connectivity index (χ1) is 10.3. The minimum atomic E-state index is -0.144. The monoisotopic (exact) mass is 281 g/mol. The molecule has 0 fully saturated rings. The minimum Gasteiger partial charge on any atom is -0.373 e. The number of hydrogen-bond acceptors (Lipinski definition) is 3. The predicted octanol–water partition coefficient (Wildman–Crippen LogP) is 3.53. The van der Waals surface area contributed by atoms with Crippen molar-refractivity contribution in [1.82, 2.24) is 4.98 Å². The minimum absolute atomic E-state index is 0.0640. The van der Waals surface area contributed by atoms with Crippen LogP contribution in [0.25, 0.3) is 0 Å². The van der Waals surface area contributed by atoms with Gasteiger partial charge in [0.05, 0.1) is 12.7 Å². The lowest BCUT2D eigenvalue weighted by Crippen LogP contribution is -2.20. The summed E-state index contributed by atoms with van der Waals surface area (Å²) in [6.07, 6.45) is 3.64. The van der Waals surface area contributed by atoms with Crippen LogP contribution < -0.4 is 0 Å². The smallest absolute Gasteiger partial charge is 0.184 e. The van der Waals surface area contributed by atoms with E-state index in [1.807, 2.05) is 31.2 Å². The summed E-state index contributed by atoms with van der Waals surface area (Å²) in [6, 6.07) is 12.1. The number of aryl methyl sites for hydroxylation is 1. The van der Waals surface area contributed by atoms with Gasteiger partial charge in [-0.25, -0.2) is 0 Å². The maximum absolute atomic E-state index is 12.6. The van der Waals surface area contributed by atoms with Crippen molar-refractivity contribution in [1.29, 1.82) is 0 Å². The molecule has 108 valence electrons. The third-order valence-corrected chi connectivity index (χ3v) is 4.00. The number of carbonyl (C=O) groups is 1. The molecule has 0 radical (unpaired) electrons. The van der Waals surface area contributed by atoms with Gasteiger partial charge in [-0.2, -0.15) is 0 Å². The van der Waals surface area contributed by atoms with Crippen LogP contribution in [0.2, 0.25) is 0 Å². The van der Waals surface area contributed by atoms with Crippen molar-refractivity contribution in [2.45, 2.75) is 32.3 Å². The van der Waals surface area contributed by atoms with Gasteiger partial charge in [-0.15, -0.1) is 0 Å². The molecule has 1 aromatic carbocycles. The van der Waals surface area contributed by atoms with Crippen molar-refractivity contribution < 1.29 is 9.53 Å². The molecule has 0 bridgehead atoms. The van der Waals surface area contributed by atoms with Crippen molar-refractivity contribution >= 4 is 5.78 Å². The van der Waals surface area contributed by atoms with E-state index in [2.05, 4.69) is 17.1 Å². The van der Waals surface area contributed by atoms with E-state index in [1.165, 1.54) is 5.56 Å². The van der Waals surface area contributed by atoms with Crippen molar-refractivity contribution in [3.8, 4) is 0 Å². The summed E-state index contributed by atoms with van der Waals surface area (Å²) in [4.78, 5) is 16.8. The van der Waals surface area contributed by atoms with Gasteiger partial charge in [0, 0.05) is 12.6 Å². The molecule has 0 N–H and O–H groups in total. The molecule has 2 heterocycles. The molecule has 1 aliphatic heterocycles. The van der Waals surface area contributed by atoms with Gasteiger partial charge in [0.2, 0.25) is 0 Å². The van der Waals surface area contributed by atoms with E-state index in [4.69, 9.17) is 4.74 Å². The standard InChI is InChI=1S/C18H19NO2/c1-2-13-7-5-10-19-18(13)16(20)12-17-15-8-4-3-6-14(15)9-11-21-17/h3-8,10,17H,2,9,11-12H2,1H3. The van der Waals surface area contributed by atoms with E-state index in [1.54, 1.807) is 6.20 Å². The highest BCUT2D eigenvalue weighted by Crippen LogP contribution is 2.30. The van der Waals surface area contributed by atoms with Crippen molar-refractivity contribution in [2.24, 2.45) is 0 Å². The molecule has 0 aliphatic carbocycles. The summed E-state index contributed by atoms with van der Waals surface area (Å²) in [7, 11) is 0. The Bertz CT molecular complexity index is 651. The van der Waals surface area contributed by atoms with Gasteiger partial charge in [0.15, 0.2) is 5.78 Å². The molecule has 3 rings (SSSR count). The zero-order valence-electron chi connectivity index (χ0n) is 12.2. The van der Waals surface area contributed by atoms with Crippen LogP contribution in [0.4, 0.5) is 0 Å². The summed E-state index contributed by atoms with van der Waals surface area (Å²) < 4.78 is 5.82. The highest BCUT2D eigenvalue weighted by molar-refractivity contribution is 5.96. The number of aromatic nitrogens is 1. The largest absolute Gasteiger partial charge is 0.373 e. The average Bonchev–Trinajstić information content (AvgIpc) is 2.55. The molecule has 1 aliphatic rings. The Morgan fingerprint density at radius 2 is 2.14 bits per heavy atom. The summed E-state index contributed by atoms with van der Waals surface area (Å²) in [5, 5.41) is 0. The normalized spacial score (nSPS) is 17.3. The first-order valence-electron chi connectivity index (χ1n) is 7.46. The van der Waals surface area contributed by atoms with Gasteiger partial charge >= 0.3 is 0 Å². The Labute approximate surface area is 125 Å². The van der Waals surface area contributed by atoms with Crippen LogP contribution in [-0.4, -0.2) is 17.4 Å². The number of fused-ring (bicyclic) bond motifs is 1. The number of carbonyl (C=O) groups excluding carboxylic acids is 1. The zero-order valence-corrected chi connectivity index (χ0v) is 12.2. The predicted molar refractivity (Wildman–Crippen MR) is 81.4 cm³/mol. The summed E-state index contributed by atoms with van der Waals surface area (Å²) in [5.74, 6) is 0.0640. The zero-order chi connectivity index (χ0) is 14.7. The molecule has 3 nitrogen and oxygen atoms in total. The van der Waals surface area contributed by atoms with Crippen molar-refractivity contribution in [2.75, 3.05) is 6.61 Å². The number of nitrogens with zero attached hydrogens (tertiary/aromatic N) is 1. The molecule has 0 amide bonds. The van der Waals surface area contributed by atoms with Crippen LogP contribution in [0.1, 0.15) is 46.6 Å². The third kappa shape index (κ3) is 2.88. The number of benzene rings is 1. The second-order valence-electron chi connectivity index (χ2n) is 5.30. The fourth-order valence-electron chi connectivity index (χ4n) is 2.89. The lowest BCUT2D eigenvalue weighted by Gasteiger charge is -2.25. The quantitative estimate of drug-likeness (QED) is 0.805. The molecule has 3 heteroatoms. The van der Waals surface area contributed by atoms with Crippen LogP contribution in [-0.2, 0) is 17.6 Å². The van der Waals surface area contributed by atoms with Gasteiger partial charge in [-0.3, -0.25) is 9.78 Å². The fraction of sp³-hybridized carbons (Fsp3) is 0.333. The van der Waals surface area contributed by atoms with Crippen LogP contribution in [0.5, 0.6) is 0 Å². The molecule has 21 heavy (non-hydrogen) atoms. The molecular formula is C18H19NO2. The molecule has 0 spiro atoms. The average molecular weight is 281 g/mol. The van der Waals surface area contributed by atoms with E-state index >= 15 is 0 Å². The van der Waals surface area contributed by atoms with Crippen molar-refractivity contribution in [3.63, 3.8) is 0 Å². The number of pyridine rings is 1. The Morgan fingerprint density at radius 1 is 1.29 bits per heavy atom. The van der Waals surface area contributed by atoms with Gasteiger partial charge in [0.25, 0.3) is 0 Å². The van der Waals surface area contributed by atoms with Gasteiger partial charge in [-0.1, -0.05) is 37.3 Å². The van der Waals surface area contributed by atoms with Crippen LogP contribution in [0.3, 0.4) is 0 Å². The van der Waals surface area contributed by atoms with E-state index in [-0.39, 0.29) is 11.9 Å². The number of ketones is 1. The highest BCUT2D eigenvalue weighted by atomic mass is 16.5. The fourth-order valence-corrected chi connectivity index (χ4v) is 2.89.